The first-order valence-corrected chi connectivity index (χ1v) is 8.74. The van der Waals surface area contributed by atoms with E-state index in [1.165, 1.54) is 29.7 Å². The molecular formula is C21H22FNO. The van der Waals surface area contributed by atoms with E-state index in [0.29, 0.717) is 13.2 Å². The van der Waals surface area contributed by atoms with Crippen molar-refractivity contribution in [2.24, 2.45) is 0 Å². The summed E-state index contributed by atoms with van der Waals surface area (Å²) in [5.74, 6) is -0.145. The van der Waals surface area contributed by atoms with Gasteiger partial charge in [0.25, 0.3) is 0 Å². The molecule has 1 aliphatic carbocycles. The fourth-order valence-corrected chi connectivity index (χ4v) is 3.78. The van der Waals surface area contributed by atoms with Gasteiger partial charge >= 0.3 is 0 Å². The molecule has 0 radical (unpaired) electrons. The van der Waals surface area contributed by atoms with Gasteiger partial charge in [-0.15, -0.1) is 0 Å². The number of fused-ring (bicyclic) bond motifs is 3. The van der Waals surface area contributed by atoms with Gasteiger partial charge in [0.05, 0.1) is 13.2 Å². The van der Waals surface area contributed by atoms with Gasteiger partial charge in [-0.2, -0.15) is 0 Å². The Morgan fingerprint density at radius 1 is 1.00 bits per heavy atom. The Balaban J connectivity index is 1.53. The Morgan fingerprint density at radius 3 is 2.71 bits per heavy atom. The van der Waals surface area contributed by atoms with E-state index in [2.05, 4.69) is 16.7 Å². The van der Waals surface area contributed by atoms with Crippen molar-refractivity contribution in [3.05, 3.63) is 71.2 Å². The van der Waals surface area contributed by atoms with Crippen molar-refractivity contribution in [2.45, 2.75) is 38.8 Å². The molecule has 3 heteroatoms. The molecule has 0 aliphatic heterocycles. The fourth-order valence-electron chi connectivity index (χ4n) is 3.78. The van der Waals surface area contributed by atoms with Crippen molar-refractivity contribution in [3.8, 4) is 0 Å². The smallest absolute Gasteiger partial charge is 0.123 e. The molecule has 0 unspecified atom stereocenters. The summed E-state index contributed by atoms with van der Waals surface area (Å²) in [6.45, 7) is 2.13. The summed E-state index contributed by atoms with van der Waals surface area (Å²) >= 11 is 0. The molecule has 124 valence electrons. The Morgan fingerprint density at radius 2 is 1.83 bits per heavy atom. The van der Waals surface area contributed by atoms with Crippen LogP contribution in [0.3, 0.4) is 0 Å². The number of hydrogen-bond donors (Lipinski definition) is 0. The Bertz CT molecular complexity index is 838. The number of benzene rings is 2. The van der Waals surface area contributed by atoms with E-state index >= 15 is 0 Å². The normalized spacial score (nSPS) is 14.0. The molecule has 4 rings (SSSR count). The minimum absolute atomic E-state index is 0.145. The van der Waals surface area contributed by atoms with Gasteiger partial charge in [-0.05, 0) is 55.0 Å². The molecule has 0 bridgehead atoms. The van der Waals surface area contributed by atoms with E-state index in [9.17, 15) is 4.39 Å². The van der Waals surface area contributed by atoms with Crippen molar-refractivity contribution < 1.29 is 9.13 Å². The highest BCUT2D eigenvalue weighted by Gasteiger charge is 2.20. The third kappa shape index (κ3) is 2.96. The highest BCUT2D eigenvalue weighted by molar-refractivity contribution is 5.86. The van der Waals surface area contributed by atoms with Gasteiger partial charge in [-0.3, -0.25) is 0 Å². The first-order chi connectivity index (χ1) is 11.8. The molecule has 2 nitrogen and oxygen atoms in total. The predicted molar refractivity (Wildman–Crippen MR) is 94.6 cm³/mol. The van der Waals surface area contributed by atoms with Crippen molar-refractivity contribution in [3.63, 3.8) is 0 Å². The highest BCUT2D eigenvalue weighted by Crippen LogP contribution is 2.32. The van der Waals surface area contributed by atoms with Crippen molar-refractivity contribution >= 4 is 10.9 Å². The summed E-state index contributed by atoms with van der Waals surface area (Å²) < 4.78 is 21.9. The number of aryl methyl sites for hydroxylation is 1. The van der Waals surface area contributed by atoms with E-state index in [-0.39, 0.29) is 5.82 Å². The number of halogens is 1. The van der Waals surface area contributed by atoms with Crippen molar-refractivity contribution in [1.82, 2.24) is 4.57 Å². The summed E-state index contributed by atoms with van der Waals surface area (Å²) in [5.41, 5.74) is 5.06. The zero-order valence-electron chi connectivity index (χ0n) is 13.8. The van der Waals surface area contributed by atoms with Crippen LogP contribution in [-0.4, -0.2) is 11.2 Å². The minimum atomic E-state index is -0.145. The molecule has 0 spiro atoms. The molecule has 0 amide bonds. The lowest BCUT2D eigenvalue weighted by molar-refractivity contribution is 0.113. The number of ether oxygens (including phenoxy) is 1. The second-order valence-electron chi connectivity index (χ2n) is 6.48. The second kappa shape index (κ2) is 6.78. The summed E-state index contributed by atoms with van der Waals surface area (Å²) in [6, 6.07) is 15.4. The molecule has 3 aromatic rings. The lowest BCUT2D eigenvalue weighted by Gasteiger charge is -2.16. The molecule has 0 atom stereocenters. The lowest BCUT2D eigenvalue weighted by Crippen LogP contribution is -2.12. The maximum absolute atomic E-state index is 13.7. The standard InChI is InChI=1S/C21H22FNO/c22-17-10-11-21-19(14-17)18-8-4-5-9-20(18)23(21)12-13-24-15-16-6-2-1-3-7-16/h1-3,6-7,10-11,14H,4-5,8-9,12-13,15H2. The van der Waals surface area contributed by atoms with E-state index in [0.717, 1.165) is 30.3 Å². The van der Waals surface area contributed by atoms with Crippen LogP contribution in [0.25, 0.3) is 10.9 Å². The van der Waals surface area contributed by atoms with Crippen molar-refractivity contribution in [1.29, 1.82) is 0 Å². The van der Waals surface area contributed by atoms with Crippen LogP contribution in [0, 0.1) is 5.82 Å². The Hall–Kier alpha value is -2.13. The Labute approximate surface area is 141 Å². The molecule has 24 heavy (non-hydrogen) atoms. The zero-order chi connectivity index (χ0) is 16.4. The largest absolute Gasteiger partial charge is 0.375 e. The number of hydrogen-bond acceptors (Lipinski definition) is 1. The monoisotopic (exact) mass is 323 g/mol. The average Bonchev–Trinajstić information content (AvgIpc) is 2.93. The number of rotatable bonds is 5. The van der Waals surface area contributed by atoms with Crippen LogP contribution in [0.15, 0.2) is 48.5 Å². The third-order valence-corrected chi connectivity index (χ3v) is 4.91. The van der Waals surface area contributed by atoms with Gasteiger partial charge in [0, 0.05) is 23.1 Å². The maximum Gasteiger partial charge on any atom is 0.123 e. The molecule has 1 heterocycles. The van der Waals surface area contributed by atoms with Gasteiger partial charge < -0.3 is 9.30 Å². The lowest BCUT2D eigenvalue weighted by atomic mass is 9.95. The summed E-state index contributed by atoms with van der Waals surface area (Å²) in [5, 5.41) is 1.09. The summed E-state index contributed by atoms with van der Waals surface area (Å²) in [4.78, 5) is 0. The third-order valence-electron chi connectivity index (χ3n) is 4.91. The first-order valence-electron chi connectivity index (χ1n) is 8.74. The SMILES string of the molecule is Fc1ccc2c(c1)c1c(n2CCOCc2ccccc2)CCCC1. The quantitative estimate of drug-likeness (QED) is 0.611. The topological polar surface area (TPSA) is 14.2 Å². The van der Waals surface area contributed by atoms with Crippen LogP contribution in [0.2, 0.25) is 0 Å². The van der Waals surface area contributed by atoms with E-state index in [1.54, 1.807) is 12.1 Å². The molecule has 1 aliphatic rings. The fraction of sp³-hybridized carbons (Fsp3) is 0.333. The van der Waals surface area contributed by atoms with Gasteiger partial charge in [0.1, 0.15) is 5.82 Å². The highest BCUT2D eigenvalue weighted by atomic mass is 19.1. The van der Waals surface area contributed by atoms with Crippen LogP contribution in [-0.2, 0) is 30.7 Å². The van der Waals surface area contributed by atoms with Crippen molar-refractivity contribution in [2.75, 3.05) is 6.61 Å². The van der Waals surface area contributed by atoms with Gasteiger partial charge in [-0.1, -0.05) is 30.3 Å². The van der Waals surface area contributed by atoms with E-state index in [4.69, 9.17) is 4.74 Å². The van der Waals surface area contributed by atoms with Gasteiger partial charge in [0.2, 0.25) is 0 Å². The van der Waals surface area contributed by atoms with Crippen LogP contribution in [0.1, 0.15) is 29.7 Å². The molecule has 0 fully saturated rings. The molecule has 0 saturated heterocycles. The minimum Gasteiger partial charge on any atom is -0.375 e. The van der Waals surface area contributed by atoms with Gasteiger partial charge in [-0.25, -0.2) is 4.39 Å². The number of nitrogens with zero attached hydrogens (tertiary/aromatic N) is 1. The van der Waals surface area contributed by atoms with E-state index < -0.39 is 0 Å². The molecule has 0 saturated carbocycles. The maximum atomic E-state index is 13.7. The Kier molecular flexibility index (Phi) is 4.35. The summed E-state index contributed by atoms with van der Waals surface area (Å²) in [6.07, 6.45) is 4.57. The number of aromatic nitrogens is 1. The van der Waals surface area contributed by atoms with Crippen LogP contribution in [0.4, 0.5) is 4.39 Å². The molecule has 1 aromatic heterocycles. The van der Waals surface area contributed by atoms with Crippen LogP contribution >= 0.6 is 0 Å². The summed E-state index contributed by atoms with van der Waals surface area (Å²) in [7, 11) is 0. The predicted octanol–water partition coefficient (Wildman–Crippen LogP) is 4.88. The first kappa shape index (κ1) is 15.4. The van der Waals surface area contributed by atoms with Gasteiger partial charge in [0.15, 0.2) is 0 Å². The average molecular weight is 323 g/mol. The van der Waals surface area contributed by atoms with Crippen LogP contribution < -0.4 is 0 Å². The molecule has 2 aromatic carbocycles. The molecular weight excluding hydrogens is 301 g/mol. The van der Waals surface area contributed by atoms with Crippen LogP contribution in [0.5, 0.6) is 0 Å². The zero-order valence-corrected chi connectivity index (χ0v) is 13.8. The molecule has 0 N–H and O–H groups in total. The second-order valence-corrected chi connectivity index (χ2v) is 6.48. The van der Waals surface area contributed by atoms with E-state index in [1.807, 2.05) is 24.3 Å².